The van der Waals surface area contributed by atoms with E-state index in [1.165, 1.54) is 12.1 Å². The highest BCUT2D eigenvalue weighted by Crippen LogP contribution is 2.17. The SMILES string of the molecule is CCCNC(C)CCc1c(Br)cnn1C. The fourth-order valence-corrected chi connectivity index (χ4v) is 2.11. The summed E-state index contributed by atoms with van der Waals surface area (Å²) in [5, 5.41) is 7.69. The largest absolute Gasteiger partial charge is 0.314 e. The predicted octanol–water partition coefficient (Wildman–Crippen LogP) is 2.50. The van der Waals surface area contributed by atoms with Gasteiger partial charge < -0.3 is 5.32 Å². The maximum atomic E-state index is 4.21. The lowest BCUT2D eigenvalue weighted by Gasteiger charge is -2.13. The Bertz CT molecular complexity index is 277. The van der Waals surface area contributed by atoms with Crippen molar-refractivity contribution in [3.63, 3.8) is 0 Å². The summed E-state index contributed by atoms with van der Waals surface area (Å²) in [6, 6.07) is 0.576. The van der Waals surface area contributed by atoms with Crippen LogP contribution in [-0.2, 0) is 13.5 Å². The van der Waals surface area contributed by atoms with E-state index in [1.54, 1.807) is 0 Å². The molecule has 4 heteroatoms. The number of nitrogens with zero attached hydrogens (tertiary/aromatic N) is 2. The predicted molar refractivity (Wildman–Crippen MR) is 67.0 cm³/mol. The number of halogens is 1. The Morgan fingerprint density at radius 1 is 1.60 bits per heavy atom. The minimum absolute atomic E-state index is 0.576. The molecule has 86 valence electrons. The van der Waals surface area contributed by atoms with Gasteiger partial charge in [0.15, 0.2) is 0 Å². The molecule has 1 rings (SSSR count). The van der Waals surface area contributed by atoms with Gasteiger partial charge in [0.1, 0.15) is 0 Å². The fraction of sp³-hybridized carbons (Fsp3) is 0.727. The van der Waals surface area contributed by atoms with E-state index in [2.05, 4.69) is 40.2 Å². The van der Waals surface area contributed by atoms with Gasteiger partial charge in [-0.25, -0.2) is 0 Å². The lowest BCUT2D eigenvalue weighted by molar-refractivity contribution is 0.505. The van der Waals surface area contributed by atoms with Crippen LogP contribution in [0.2, 0.25) is 0 Å². The van der Waals surface area contributed by atoms with Gasteiger partial charge in [0, 0.05) is 13.1 Å². The molecule has 0 spiro atoms. The van der Waals surface area contributed by atoms with Crippen LogP contribution >= 0.6 is 15.9 Å². The van der Waals surface area contributed by atoms with Crippen molar-refractivity contribution in [3.8, 4) is 0 Å². The number of rotatable bonds is 6. The third kappa shape index (κ3) is 3.95. The molecule has 0 aliphatic heterocycles. The Balaban J connectivity index is 2.36. The van der Waals surface area contributed by atoms with E-state index in [0.29, 0.717) is 6.04 Å². The van der Waals surface area contributed by atoms with E-state index < -0.39 is 0 Å². The lowest BCUT2D eigenvalue weighted by atomic mass is 10.1. The zero-order valence-electron chi connectivity index (χ0n) is 9.76. The minimum atomic E-state index is 0.576. The monoisotopic (exact) mass is 273 g/mol. The maximum absolute atomic E-state index is 4.21. The van der Waals surface area contributed by atoms with Crippen molar-refractivity contribution in [3.05, 3.63) is 16.4 Å². The molecule has 15 heavy (non-hydrogen) atoms. The van der Waals surface area contributed by atoms with Gasteiger partial charge in [-0.1, -0.05) is 6.92 Å². The van der Waals surface area contributed by atoms with Crippen LogP contribution in [0.25, 0.3) is 0 Å². The van der Waals surface area contributed by atoms with Gasteiger partial charge >= 0.3 is 0 Å². The van der Waals surface area contributed by atoms with Crippen molar-refractivity contribution in [2.75, 3.05) is 6.54 Å². The quantitative estimate of drug-likeness (QED) is 0.863. The molecule has 0 aliphatic rings. The van der Waals surface area contributed by atoms with Crippen molar-refractivity contribution < 1.29 is 0 Å². The Hall–Kier alpha value is -0.350. The molecule has 1 atom stereocenters. The van der Waals surface area contributed by atoms with Gasteiger partial charge in [0.05, 0.1) is 16.4 Å². The van der Waals surface area contributed by atoms with Gasteiger partial charge in [-0.3, -0.25) is 4.68 Å². The maximum Gasteiger partial charge on any atom is 0.0635 e. The standard InChI is InChI=1S/C11H20BrN3/c1-4-7-13-9(2)5-6-11-10(12)8-14-15(11)3/h8-9,13H,4-7H2,1-3H3. The van der Waals surface area contributed by atoms with Gasteiger partial charge in [0.25, 0.3) is 0 Å². The molecule has 1 N–H and O–H groups in total. The van der Waals surface area contributed by atoms with Gasteiger partial charge in [-0.2, -0.15) is 5.10 Å². The van der Waals surface area contributed by atoms with Crippen LogP contribution in [0, 0.1) is 0 Å². The molecular formula is C11H20BrN3. The number of hydrogen-bond acceptors (Lipinski definition) is 2. The molecule has 0 radical (unpaired) electrons. The Morgan fingerprint density at radius 3 is 2.87 bits per heavy atom. The molecule has 1 aromatic rings. The zero-order valence-corrected chi connectivity index (χ0v) is 11.3. The molecule has 0 fully saturated rings. The van der Waals surface area contributed by atoms with E-state index in [-0.39, 0.29) is 0 Å². The van der Waals surface area contributed by atoms with Crippen molar-refractivity contribution in [1.82, 2.24) is 15.1 Å². The highest BCUT2D eigenvalue weighted by atomic mass is 79.9. The smallest absolute Gasteiger partial charge is 0.0635 e. The summed E-state index contributed by atoms with van der Waals surface area (Å²) in [6.07, 6.45) is 5.27. The lowest BCUT2D eigenvalue weighted by Crippen LogP contribution is -2.27. The third-order valence-electron chi connectivity index (χ3n) is 2.57. The highest BCUT2D eigenvalue weighted by molar-refractivity contribution is 9.10. The Kier molecular flexibility index (Phi) is 5.32. The van der Waals surface area contributed by atoms with E-state index in [9.17, 15) is 0 Å². The normalized spacial score (nSPS) is 13.1. The van der Waals surface area contributed by atoms with Crippen LogP contribution in [0.15, 0.2) is 10.7 Å². The molecule has 0 aromatic carbocycles. The first-order valence-corrected chi connectivity index (χ1v) is 6.34. The molecule has 0 aliphatic carbocycles. The van der Waals surface area contributed by atoms with E-state index in [0.717, 1.165) is 23.9 Å². The summed E-state index contributed by atoms with van der Waals surface area (Å²) >= 11 is 3.52. The number of hydrogen-bond donors (Lipinski definition) is 1. The number of nitrogens with one attached hydrogen (secondary N) is 1. The average Bonchev–Trinajstić information content (AvgIpc) is 2.53. The van der Waals surface area contributed by atoms with Gasteiger partial charge in [-0.15, -0.1) is 0 Å². The number of aromatic nitrogens is 2. The van der Waals surface area contributed by atoms with Crippen molar-refractivity contribution in [2.45, 2.75) is 39.2 Å². The molecular weight excluding hydrogens is 254 g/mol. The van der Waals surface area contributed by atoms with Crippen LogP contribution in [0.4, 0.5) is 0 Å². The summed E-state index contributed by atoms with van der Waals surface area (Å²) in [5.41, 5.74) is 1.28. The van der Waals surface area contributed by atoms with E-state index in [1.807, 2.05) is 17.9 Å². The average molecular weight is 274 g/mol. The topological polar surface area (TPSA) is 29.9 Å². The molecule has 1 heterocycles. The van der Waals surface area contributed by atoms with Gasteiger partial charge in [0.2, 0.25) is 0 Å². The van der Waals surface area contributed by atoms with E-state index in [4.69, 9.17) is 0 Å². The number of aryl methyl sites for hydroxylation is 1. The summed E-state index contributed by atoms with van der Waals surface area (Å²) in [4.78, 5) is 0. The second-order valence-electron chi connectivity index (χ2n) is 3.96. The van der Waals surface area contributed by atoms with Crippen molar-refractivity contribution >= 4 is 15.9 Å². The molecule has 0 saturated carbocycles. The first kappa shape index (κ1) is 12.7. The first-order chi connectivity index (χ1) is 7.15. The van der Waals surface area contributed by atoms with Crippen LogP contribution in [0.5, 0.6) is 0 Å². The third-order valence-corrected chi connectivity index (χ3v) is 3.23. The molecule has 0 bridgehead atoms. The summed E-state index contributed by atoms with van der Waals surface area (Å²) < 4.78 is 3.06. The molecule has 3 nitrogen and oxygen atoms in total. The first-order valence-electron chi connectivity index (χ1n) is 5.55. The Morgan fingerprint density at radius 2 is 2.33 bits per heavy atom. The zero-order chi connectivity index (χ0) is 11.3. The highest BCUT2D eigenvalue weighted by Gasteiger charge is 2.07. The van der Waals surface area contributed by atoms with Crippen molar-refractivity contribution in [2.24, 2.45) is 7.05 Å². The molecule has 1 aromatic heterocycles. The van der Waals surface area contributed by atoms with Crippen LogP contribution < -0.4 is 5.32 Å². The summed E-state index contributed by atoms with van der Waals surface area (Å²) in [7, 11) is 1.99. The summed E-state index contributed by atoms with van der Waals surface area (Å²) in [6.45, 7) is 5.53. The van der Waals surface area contributed by atoms with E-state index >= 15 is 0 Å². The molecule has 0 saturated heterocycles. The van der Waals surface area contributed by atoms with Crippen LogP contribution in [0.3, 0.4) is 0 Å². The van der Waals surface area contributed by atoms with Crippen LogP contribution in [0.1, 0.15) is 32.4 Å². The minimum Gasteiger partial charge on any atom is -0.314 e. The van der Waals surface area contributed by atoms with Crippen molar-refractivity contribution in [1.29, 1.82) is 0 Å². The molecule has 1 unspecified atom stereocenters. The summed E-state index contributed by atoms with van der Waals surface area (Å²) in [5.74, 6) is 0. The second-order valence-corrected chi connectivity index (χ2v) is 4.81. The van der Waals surface area contributed by atoms with Gasteiger partial charge in [-0.05, 0) is 48.7 Å². The fourth-order valence-electron chi connectivity index (χ4n) is 1.56. The second kappa shape index (κ2) is 6.28. The van der Waals surface area contributed by atoms with Crippen LogP contribution in [-0.4, -0.2) is 22.4 Å². The Labute approximate surface area is 100 Å². The molecule has 0 amide bonds.